The highest BCUT2D eigenvalue weighted by molar-refractivity contribution is 6.29. The Labute approximate surface area is 109 Å². The molecule has 0 aromatic carbocycles. The van der Waals surface area contributed by atoms with Crippen molar-refractivity contribution in [3.8, 4) is 0 Å². The van der Waals surface area contributed by atoms with E-state index in [1.54, 1.807) is 12.4 Å². The Balaban J connectivity index is 1.87. The summed E-state index contributed by atoms with van der Waals surface area (Å²) < 4.78 is 1.81. The lowest BCUT2D eigenvalue weighted by Gasteiger charge is -2.04. The van der Waals surface area contributed by atoms with Gasteiger partial charge in [0.2, 0.25) is 0 Å². The first kappa shape index (κ1) is 12.5. The minimum atomic E-state index is -0.179. The molecule has 6 nitrogen and oxygen atoms in total. The zero-order valence-electron chi connectivity index (χ0n) is 9.80. The summed E-state index contributed by atoms with van der Waals surface area (Å²) in [6, 6.07) is 3.14. The van der Waals surface area contributed by atoms with Crippen molar-refractivity contribution in [3.05, 3.63) is 41.2 Å². The van der Waals surface area contributed by atoms with E-state index in [0.29, 0.717) is 23.7 Å². The molecule has 2 heterocycles. The molecule has 0 atom stereocenters. The van der Waals surface area contributed by atoms with E-state index in [0.717, 1.165) is 5.82 Å². The fraction of sp³-hybridized carbons (Fsp3) is 0.273. The second-order valence-corrected chi connectivity index (χ2v) is 4.12. The summed E-state index contributed by atoms with van der Waals surface area (Å²) in [7, 11) is 1.86. The van der Waals surface area contributed by atoms with Gasteiger partial charge in [0, 0.05) is 31.8 Å². The zero-order valence-corrected chi connectivity index (χ0v) is 10.6. The van der Waals surface area contributed by atoms with Gasteiger partial charge in [0.05, 0.1) is 0 Å². The molecule has 0 unspecified atom stereocenters. The largest absolute Gasteiger partial charge is 0.352 e. The van der Waals surface area contributed by atoms with Crippen LogP contribution in [0.2, 0.25) is 5.15 Å². The van der Waals surface area contributed by atoms with E-state index in [2.05, 4.69) is 20.5 Å². The third-order valence-corrected chi connectivity index (χ3v) is 2.63. The van der Waals surface area contributed by atoms with Crippen LogP contribution in [0.1, 0.15) is 16.2 Å². The molecule has 0 fully saturated rings. The van der Waals surface area contributed by atoms with Crippen LogP contribution in [0.15, 0.2) is 24.7 Å². The van der Waals surface area contributed by atoms with E-state index >= 15 is 0 Å². The van der Waals surface area contributed by atoms with E-state index in [9.17, 15) is 4.79 Å². The van der Waals surface area contributed by atoms with Gasteiger partial charge in [-0.1, -0.05) is 11.6 Å². The molecular weight excluding hydrogens is 254 g/mol. The van der Waals surface area contributed by atoms with Crippen LogP contribution < -0.4 is 5.32 Å². The number of aryl methyl sites for hydroxylation is 1. The molecule has 18 heavy (non-hydrogen) atoms. The maximum atomic E-state index is 11.8. The van der Waals surface area contributed by atoms with Gasteiger partial charge in [0.25, 0.3) is 5.91 Å². The fourth-order valence-electron chi connectivity index (χ4n) is 1.47. The van der Waals surface area contributed by atoms with Gasteiger partial charge in [0.1, 0.15) is 17.3 Å². The Kier molecular flexibility index (Phi) is 3.88. The molecule has 1 N–H and O–H groups in total. The fourth-order valence-corrected chi connectivity index (χ4v) is 1.64. The van der Waals surface area contributed by atoms with Gasteiger partial charge in [-0.05, 0) is 12.1 Å². The average Bonchev–Trinajstić information content (AvgIpc) is 2.75. The molecule has 0 bridgehead atoms. The van der Waals surface area contributed by atoms with Crippen molar-refractivity contribution in [2.75, 3.05) is 6.54 Å². The maximum Gasteiger partial charge on any atom is 0.251 e. The quantitative estimate of drug-likeness (QED) is 0.832. The first-order valence-corrected chi connectivity index (χ1v) is 5.77. The molecule has 0 spiro atoms. The summed E-state index contributed by atoms with van der Waals surface area (Å²) in [5.74, 6) is 0.643. The summed E-state index contributed by atoms with van der Waals surface area (Å²) >= 11 is 5.71. The molecule has 0 saturated heterocycles. The van der Waals surface area contributed by atoms with Gasteiger partial charge in [0.15, 0.2) is 0 Å². The van der Waals surface area contributed by atoms with Gasteiger partial charge < -0.3 is 9.88 Å². The molecule has 94 valence electrons. The number of hydrogen-bond donors (Lipinski definition) is 1. The number of nitrogens with one attached hydrogen (secondary N) is 1. The van der Waals surface area contributed by atoms with Crippen molar-refractivity contribution in [2.24, 2.45) is 7.05 Å². The monoisotopic (exact) mass is 265 g/mol. The highest BCUT2D eigenvalue weighted by atomic mass is 35.5. The van der Waals surface area contributed by atoms with Crippen LogP contribution in [0.25, 0.3) is 0 Å². The van der Waals surface area contributed by atoms with Crippen LogP contribution in [0, 0.1) is 0 Å². The first-order valence-electron chi connectivity index (χ1n) is 5.39. The number of aromatic nitrogens is 4. The topological polar surface area (TPSA) is 72.7 Å². The first-order chi connectivity index (χ1) is 8.66. The maximum absolute atomic E-state index is 11.8. The molecule has 0 aliphatic carbocycles. The molecule has 7 heteroatoms. The summed E-state index contributed by atoms with van der Waals surface area (Å²) in [5, 5.41) is 10.8. The molecule has 0 radical (unpaired) electrons. The lowest BCUT2D eigenvalue weighted by molar-refractivity contribution is 0.0954. The SMILES string of the molecule is Cn1cnnc1CCNC(=O)c1ccnc(Cl)c1. The normalized spacial score (nSPS) is 10.3. The Morgan fingerprint density at radius 2 is 2.39 bits per heavy atom. The highest BCUT2D eigenvalue weighted by Crippen LogP contribution is 2.06. The third-order valence-electron chi connectivity index (χ3n) is 2.43. The van der Waals surface area contributed by atoms with Crippen molar-refractivity contribution >= 4 is 17.5 Å². The van der Waals surface area contributed by atoms with Crippen LogP contribution in [0.4, 0.5) is 0 Å². The molecule has 0 aliphatic heterocycles. The number of amides is 1. The predicted molar refractivity (Wildman–Crippen MR) is 66.3 cm³/mol. The number of rotatable bonds is 4. The van der Waals surface area contributed by atoms with Crippen molar-refractivity contribution in [2.45, 2.75) is 6.42 Å². The van der Waals surface area contributed by atoms with Crippen LogP contribution in [-0.4, -0.2) is 32.2 Å². The minimum absolute atomic E-state index is 0.179. The average molecular weight is 266 g/mol. The Morgan fingerprint density at radius 1 is 1.56 bits per heavy atom. The molecule has 2 rings (SSSR count). The van der Waals surface area contributed by atoms with E-state index < -0.39 is 0 Å². The summed E-state index contributed by atoms with van der Waals surface area (Å²) in [6.45, 7) is 0.491. The number of hydrogen-bond acceptors (Lipinski definition) is 4. The van der Waals surface area contributed by atoms with Crippen LogP contribution >= 0.6 is 11.6 Å². The molecule has 1 amide bonds. The van der Waals surface area contributed by atoms with Gasteiger partial charge in [-0.15, -0.1) is 10.2 Å². The van der Waals surface area contributed by atoms with Crippen LogP contribution in [0.3, 0.4) is 0 Å². The van der Waals surface area contributed by atoms with Crippen molar-refractivity contribution in [1.82, 2.24) is 25.1 Å². The summed E-state index contributed by atoms with van der Waals surface area (Å²) in [4.78, 5) is 15.6. The lowest BCUT2D eigenvalue weighted by Crippen LogP contribution is -2.26. The molecule has 2 aromatic heterocycles. The van der Waals surface area contributed by atoms with Crippen molar-refractivity contribution < 1.29 is 4.79 Å². The van der Waals surface area contributed by atoms with Gasteiger partial charge >= 0.3 is 0 Å². The van der Waals surface area contributed by atoms with E-state index in [1.807, 2.05) is 11.6 Å². The Morgan fingerprint density at radius 3 is 3.06 bits per heavy atom. The smallest absolute Gasteiger partial charge is 0.251 e. The van der Waals surface area contributed by atoms with Gasteiger partial charge in [-0.3, -0.25) is 4.79 Å². The van der Waals surface area contributed by atoms with Crippen LogP contribution in [0.5, 0.6) is 0 Å². The number of halogens is 1. The van der Waals surface area contributed by atoms with Crippen molar-refractivity contribution in [3.63, 3.8) is 0 Å². The lowest BCUT2D eigenvalue weighted by atomic mass is 10.2. The predicted octanol–water partition coefficient (Wildman–Crippen LogP) is 0.836. The number of carbonyl (C=O) groups is 1. The minimum Gasteiger partial charge on any atom is -0.352 e. The van der Waals surface area contributed by atoms with E-state index in [1.165, 1.54) is 12.3 Å². The van der Waals surface area contributed by atoms with Crippen LogP contribution in [-0.2, 0) is 13.5 Å². The summed E-state index contributed by atoms with van der Waals surface area (Å²) in [5.41, 5.74) is 0.493. The molecular formula is C11H12ClN5O. The number of carbonyl (C=O) groups excluding carboxylic acids is 1. The van der Waals surface area contributed by atoms with E-state index in [-0.39, 0.29) is 5.91 Å². The Bertz CT molecular complexity index is 554. The second-order valence-electron chi connectivity index (χ2n) is 3.73. The second kappa shape index (κ2) is 5.59. The van der Waals surface area contributed by atoms with Gasteiger partial charge in [-0.2, -0.15) is 0 Å². The standard InChI is InChI=1S/C11H12ClN5O/c1-17-7-15-16-10(17)3-5-14-11(18)8-2-4-13-9(12)6-8/h2,4,6-7H,3,5H2,1H3,(H,14,18). The van der Waals surface area contributed by atoms with Gasteiger partial charge in [-0.25, -0.2) is 4.98 Å². The van der Waals surface area contributed by atoms with Crippen molar-refractivity contribution in [1.29, 1.82) is 0 Å². The molecule has 0 aliphatic rings. The number of nitrogens with zero attached hydrogens (tertiary/aromatic N) is 4. The third kappa shape index (κ3) is 3.04. The van der Waals surface area contributed by atoms with E-state index in [4.69, 9.17) is 11.6 Å². The molecule has 2 aromatic rings. The molecule has 0 saturated carbocycles. The highest BCUT2D eigenvalue weighted by Gasteiger charge is 2.06. The Hall–Kier alpha value is -1.95. The summed E-state index contributed by atoms with van der Waals surface area (Å²) in [6.07, 6.45) is 3.75. The zero-order chi connectivity index (χ0) is 13.0. The number of pyridine rings is 1.